The summed E-state index contributed by atoms with van der Waals surface area (Å²) in [5, 5.41) is 16.3. The van der Waals surface area contributed by atoms with Gasteiger partial charge in [-0.05, 0) is 35.9 Å². The molecular formula is C23H26FNO8. The first-order chi connectivity index (χ1) is 15.7. The molecule has 2 N–H and O–H groups in total. The van der Waals surface area contributed by atoms with E-state index in [0.29, 0.717) is 24.6 Å². The van der Waals surface area contributed by atoms with Gasteiger partial charge in [-0.1, -0.05) is 24.3 Å². The van der Waals surface area contributed by atoms with E-state index in [1.54, 1.807) is 26.4 Å². The summed E-state index contributed by atoms with van der Waals surface area (Å²) in [7, 11) is 4.56. The summed E-state index contributed by atoms with van der Waals surface area (Å²) >= 11 is 0. The average molecular weight is 463 g/mol. The SMILES string of the molecule is COC(=O)C[NH+](CC=Cc1ccc(OC)c(OC)c1)Cc1ccc(F)cc1.O=C([O-])C(=O)O. The van der Waals surface area contributed by atoms with Gasteiger partial charge in [0.25, 0.3) is 0 Å². The molecule has 0 amide bonds. The lowest BCUT2D eigenvalue weighted by Gasteiger charge is -2.16. The first-order valence-corrected chi connectivity index (χ1v) is 9.67. The van der Waals surface area contributed by atoms with E-state index in [2.05, 4.69) is 0 Å². The number of methoxy groups -OCH3 is 3. The number of carboxylic acids is 2. The molecule has 9 nitrogen and oxygen atoms in total. The number of rotatable bonds is 9. The van der Waals surface area contributed by atoms with E-state index < -0.39 is 11.9 Å². The van der Waals surface area contributed by atoms with Crippen molar-refractivity contribution in [2.24, 2.45) is 0 Å². The molecule has 0 aliphatic heterocycles. The number of hydrogen-bond donors (Lipinski definition) is 2. The predicted molar refractivity (Wildman–Crippen MR) is 114 cm³/mol. The molecule has 10 heteroatoms. The Hall–Kier alpha value is -3.92. The van der Waals surface area contributed by atoms with Gasteiger partial charge in [0.1, 0.15) is 12.4 Å². The van der Waals surface area contributed by atoms with Gasteiger partial charge in [0.15, 0.2) is 24.0 Å². The van der Waals surface area contributed by atoms with Crippen LogP contribution in [0.4, 0.5) is 4.39 Å². The third kappa shape index (κ3) is 10.3. The number of carbonyl (C=O) groups excluding carboxylic acids is 2. The van der Waals surface area contributed by atoms with Crippen LogP contribution in [0.25, 0.3) is 6.08 Å². The lowest BCUT2D eigenvalue weighted by Crippen LogP contribution is -3.11. The van der Waals surface area contributed by atoms with Gasteiger partial charge in [-0.2, -0.15) is 0 Å². The van der Waals surface area contributed by atoms with Crippen LogP contribution in [-0.2, 0) is 25.7 Å². The molecule has 0 fully saturated rings. The third-order valence-electron chi connectivity index (χ3n) is 4.29. The molecule has 0 radical (unpaired) electrons. The van der Waals surface area contributed by atoms with Crippen molar-refractivity contribution >= 4 is 24.0 Å². The van der Waals surface area contributed by atoms with Gasteiger partial charge in [-0.25, -0.2) is 14.0 Å². The minimum atomic E-state index is -2.07. The summed E-state index contributed by atoms with van der Waals surface area (Å²) in [5.74, 6) is -3.24. The number of ether oxygens (including phenoxy) is 3. The molecule has 2 aromatic carbocycles. The number of aliphatic carboxylic acids is 2. The highest BCUT2D eigenvalue weighted by atomic mass is 19.1. The molecule has 1 atom stereocenters. The second-order valence-electron chi connectivity index (χ2n) is 6.62. The average Bonchev–Trinajstić information content (AvgIpc) is 2.80. The molecule has 0 saturated carbocycles. The molecule has 1 unspecified atom stereocenters. The standard InChI is InChI=1S/C21H24FNO4.C2H2O4/c1-25-19-11-8-16(13-20(19)26-2)5-4-12-23(15-21(24)27-3)14-17-6-9-18(22)10-7-17;3-1(4)2(5)6/h4-11,13H,12,14-15H2,1-3H3;(H,3,4)(H,5,6). The molecule has 0 heterocycles. The smallest absolute Gasteiger partial charge is 0.361 e. The van der Waals surface area contributed by atoms with Crippen LogP contribution < -0.4 is 19.5 Å². The fourth-order valence-electron chi connectivity index (χ4n) is 2.69. The highest BCUT2D eigenvalue weighted by Gasteiger charge is 2.14. The van der Waals surface area contributed by atoms with Crippen molar-refractivity contribution < 1.29 is 48.1 Å². The summed E-state index contributed by atoms with van der Waals surface area (Å²) in [6.45, 7) is 1.43. The summed E-state index contributed by atoms with van der Waals surface area (Å²) in [4.78, 5) is 30.7. The molecule has 33 heavy (non-hydrogen) atoms. The maximum Gasteiger partial charge on any atom is 0.361 e. The van der Waals surface area contributed by atoms with E-state index in [4.69, 9.17) is 34.0 Å². The number of halogens is 1. The fourth-order valence-corrected chi connectivity index (χ4v) is 2.69. The minimum absolute atomic E-state index is 0.226. The van der Waals surface area contributed by atoms with Crippen LogP contribution >= 0.6 is 0 Å². The van der Waals surface area contributed by atoms with Gasteiger partial charge in [0, 0.05) is 5.56 Å². The highest BCUT2D eigenvalue weighted by molar-refractivity contribution is 6.26. The lowest BCUT2D eigenvalue weighted by atomic mass is 10.1. The van der Waals surface area contributed by atoms with E-state index in [0.717, 1.165) is 16.0 Å². The maximum atomic E-state index is 13.1. The molecule has 0 aliphatic carbocycles. The van der Waals surface area contributed by atoms with Crippen molar-refractivity contribution in [2.75, 3.05) is 34.4 Å². The van der Waals surface area contributed by atoms with Crippen LogP contribution in [0.3, 0.4) is 0 Å². The van der Waals surface area contributed by atoms with Crippen LogP contribution in [-0.4, -0.2) is 57.4 Å². The summed E-state index contributed by atoms with van der Waals surface area (Å²) < 4.78 is 28.4. The van der Waals surface area contributed by atoms with Crippen molar-refractivity contribution in [3.05, 3.63) is 65.5 Å². The van der Waals surface area contributed by atoms with Crippen molar-refractivity contribution in [3.8, 4) is 11.5 Å². The van der Waals surface area contributed by atoms with E-state index in [1.807, 2.05) is 30.4 Å². The van der Waals surface area contributed by atoms with Gasteiger partial charge in [0.2, 0.25) is 0 Å². The zero-order valence-corrected chi connectivity index (χ0v) is 18.5. The van der Waals surface area contributed by atoms with Crippen molar-refractivity contribution in [1.82, 2.24) is 0 Å². The zero-order valence-electron chi connectivity index (χ0n) is 18.5. The Balaban J connectivity index is 0.000000801. The Kier molecular flexibility index (Phi) is 11.7. The predicted octanol–water partition coefficient (Wildman–Crippen LogP) is -0.0649. The van der Waals surface area contributed by atoms with Crippen LogP contribution in [0.2, 0.25) is 0 Å². The molecule has 178 valence electrons. The van der Waals surface area contributed by atoms with Crippen LogP contribution in [0.15, 0.2) is 48.5 Å². The Morgan fingerprint density at radius 1 is 1.03 bits per heavy atom. The number of esters is 1. The van der Waals surface area contributed by atoms with Crippen LogP contribution in [0.1, 0.15) is 11.1 Å². The topological polar surface area (TPSA) is 127 Å². The summed E-state index contributed by atoms with van der Waals surface area (Å²) in [5.41, 5.74) is 1.92. The van der Waals surface area contributed by atoms with Crippen molar-refractivity contribution in [1.29, 1.82) is 0 Å². The fraction of sp³-hybridized carbons (Fsp3) is 0.261. The maximum absolute atomic E-state index is 13.1. The molecule has 0 bridgehead atoms. The first-order valence-electron chi connectivity index (χ1n) is 9.67. The van der Waals surface area contributed by atoms with Gasteiger partial charge in [-0.15, -0.1) is 0 Å². The van der Waals surface area contributed by atoms with Crippen molar-refractivity contribution in [2.45, 2.75) is 6.54 Å². The van der Waals surface area contributed by atoms with E-state index in [9.17, 15) is 9.18 Å². The number of carbonyl (C=O) groups is 3. The lowest BCUT2D eigenvalue weighted by molar-refractivity contribution is -0.900. The minimum Gasteiger partial charge on any atom is -0.539 e. The van der Waals surface area contributed by atoms with Crippen LogP contribution in [0, 0.1) is 5.82 Å². The number of hydrogen-bond acceptors (Lipinski definition) is 7. The first kappa shape index (κ1) is 27.1. The Bertz CT molecular complexity index is 947. The largest absolute Gasteiger partial charge is 0.539 e. The van der Waals surface area contributed by atoms with E-state index in [-0.39, 0.29) is 18.3 Å². The van der Waals surface area contributed by atoms with Crippen molar-refractivity contribution in [3.63, 3.8) is 0 Å². The van der Waals surface area contributed by atoms with E-state index in [1.165, 1.54) is 19.2 Å². The van der Waals surface area contributed by atoms with Gasteiger partial charge in [0.05, 0.1) is 27.9 Å². The van der Waals surface area contributed by atoms with Gasteiger partial charge < -0.3 is 34.1 Å². The molecule has 0 aliphatic rings. The summed E-state index contributed by atoms with van der Waals surface area (Å²) in [6, 6.07) is 12.0. The highest BCUT2D eigenvalue weighted by Crippen LogP contribution is 2.27. The Labute approximate surface area is 190 Å². The molecule has 0 saturated heterocycles. The molecule has 2 rings (SSSR count). The summed E-state index contributed by atoms with van der Waals surface area (Å²) in [6.07, 6.45) is 3.95. The second kappa shape index (κ2) is 14.2. The monoisotopic (exact) mass is 463 g/mol. The number of quaternary nitrogens is 1. The van der Waals surface area contributed by atoms with E-state index >= 15 is 0 Å². The zero-order chi connectivity index (χ0) is 24.8. The second-order valence-corrected chi connectivity index (χ2v) is 6.62. The number of benzene rings is 2. The number of carboxylic acid groups (broad SMARTS) is 2. The quantitative estimate of drug-likeness (QED) is 0.391. The van der Waals surface area contributed by atoms with Gasteiger partial charge in [-0.3, -0.25) is 0 Å². The molecule has 0 aromatic heterocycles. The van der Waals surface area contributed by atoms with Crippen LogP contribution in [0.5, 0.6) is 11.5 Å². The molecule has 2 aromatic rings. The molecule has 0 spiro atoms. The normalized spacial score (nSPS) is 11.2. The number of nitrogens with one attached hydrogen (secondary N) is 1. The Morgan fingerprint density at radius 2 is 1.64 bits per heavy atom. The Morgan fingerprint density at radius 3 is 2.15 bits per heavy atom. The van der Waals surface area contributed by atoms with Gasteiger partial charge >= 0.3 is 11.9 Å². The molecular weight excluding hydrogens is 437 g/mol. The third-order valence-corrected chi connectivity index (χ3v) is 4.29.